The SMILES string of the molecule is CCCC1CCC(NC(=NC)NCc2cccc(OCC(=O)NCC)c2)CC1.I. The van der Waals surface area contributed by atoms with E-state index in [2.05, 4.69) is 27.9 Å². The molecule has 1 aliphatic rings. The smallest absolute Gasteiger partial charge is 0.257 e. The number of carbonyl (C=O) groups excluding carboxylic acids is 1. The van der Waals surface area contributed by atoms with Crippen molar-refractivity contribution in [2.45, 2.75) is 65.0 Å². The number of benzene rings is 1. The standard InChI is InChI=1S/C22H36N4O2.HI/c1-4-7-17-10-12-19(13-11-17)26-22(23-3)25-15-18-8-6-9-20(14-18)28-16-21(27)24-5-2;/h6,8-9,14,17,19H,4-5,7,10-13,15-16H2,1-3H3,(H,24,27)(H2,23,25,26);1H. The maximum absolute atomic E-state index is 11.5. The number of guanidine groups is 1. The molecule has 1 fully saturated rings. The summed E-state index contributed by atoms with van der Waals surface area (Å²) in [6, 6.07) is 8.30. The third-order valence-corrected chi connectivity index (χ3v) is 5.21. The second-order valence-corrected chi connectivity index (χ2v) is 7.47. The molecule has 0 aromatic heterocycles. The van der Waals surface area contributed by atoms with E-state index >= 15 is 0 Å². The first kappa shape index (κ1) is 25.5. The van der Waals surface area contributed by atoms with Crippen LogP contribution in [0.15, 0.2) is 29.3 Å². The van der Waals surface area contributed by atoms with Gasteiger partial charge >= 0.3 is 0 Å². The fraction of sp³-hybridized carbons (Fsp3) is 0.636. The zero-order valence-electron chi connectivity index (χ0n) is 18.0. The Kier molecular flexibility index (Phi) is 12.7. The highest BCUT2D eigenvalue weighted by Crippen LogP contribution is 2.27. The lowest BCUT2D eigenvalue weighted by molar-refractivity contribution is -0.122. The van der Waals surface area contributed by atoms with Crippen molar-refractivity contribution in [1.29, 1.82) is 0 Å². The number of hydrogen-bond acceptors (Lipinski definition) is 3. The number of rotatable bonds is 9. The molecule has 0 heterocycles. The van der Waals surface area contributed by atoms with Gasteiger partial charge < -0.3 is 20.7 Å². The van der Waals surface area contributed by atoms with E-state index in [1.54, 1.807) is 0 Å². The molecule has 7 heteroatoms. The first-order valence-electron chi connectivity index (χ1n) is 10.6. The Morgan fingerprint density at radius 2 is 1.93 bits per heavy atom. The van der Waals surface area contributed by atoms with Gasteiger partial charge in [0.15, 0.2) is 12.6 Å². The number of aliphatic imine (C=N–C) groups is 1. The molecular weight excluding hydrogens is 479 g/mol. The summed E-state index contributed by atoms with van der Waals surface area (Å²) in [6.45, 7) is 5.47. The van der Waals surface area contributed by atoms with Gasteiger partial charge in [-0.15, -0.1) is 24.0 Å². The highest BCUT2D eigenvalue weighted by Gasteiger charge is 2.21. The lowest BCUT2D eigenvalue weighted by Gasteiger charge is -2.30. The van der Waals surface area contributed by atoms with E-state index < -0.39 is 0 Å². The molecule has 6 nitrogen and oxygen atoms in total. The zero-order valence-corrected chi connectivity index (χ0v) is 20.3. The van der Waals surface area contributed by atoms with Crippen LogP contribution in [0.1, 0.15) is 57.9 Å². The molecule has 2 rings (SSSR count). The summed E-state index contributed by atoms with van der Waals surface area (Å²) in [5.41, 5.74) is 1.09. The number of amides is 1. The van der Waals surface area contributed by atoms with Crippen LogP contribution in [0, 0.1) is 5.92 Å². The van der Waals surface area contributed by atoms with Crippen LogP contribution in [-0.4, -0.2) is 38.1 Å². The lowest BCUT2D eigenvalue weighted by atomic mass is 9.83. The summed E-state index contributed by atoms with van der Waals surface area (Å²) in [7, 11) is 1.81. The van der Waals surface area contributed by atoms with Crippen LogP contribution in [0.5, 0.6) is 5.75 Å². The molecule has 0 unspecified atom stereocenters. The Hall–Kier alpha value is -1.51. The normalized spacial score (nSPS) is 19.1. The summed E-state index contributed by atoms with van der Waals surface area (Å²) in [5.74, 6) is 2.33. The Labute approximate surface area is 192 Å². The molecule has 0 radical (unpaired) electrons. The van der Waals surface area contributed by atoms with Crippen molar-refractivity contribution in [3.8, 4) is 5.75 Å². The molecule has 0 spiro atoms. The van der Waals surface area contributed by atoms with E-state index in [9.17, 15) is 4.79 Å². The summed E-state index contributed by atoms with van der Waals surface area (Å²) in [5, 5.41) is 9.67. The average molecular weight is 516 g/mol. The van der Waals surface area contributed by atoms with Gasteiger partial charge in [-0.05, 0) is 56.2 Å². The van der Waals surface area contributed by atoms with Crippen LogP contribution in [0.4, 0.5) is 0 Å². The van der Waals surface area contributed by atoms with Crippen LogP contribution in [0.3, 0.4) is 0 Å². The monoisotopic (exact) mass is 516 g/mol. The van der Waals surface area contributed by atoms with Crippen LogP contribution in [0.25, 0.3) is 0 Å². The quantitative estimate of drug-likeness (QED) is 0.265. The van der Waals surface area contributed by atoms with Gasteiger partial charge in [-0.1, -0.05) is 31.9 Å². The van der Waals surface area contributed by atoms with E-state index in [0.29, 0.717) is 24.9 Å². The number of halogens is 1. The lowest BCUT2D eigenvalue weighted by Crippen LogP contribution is -2.44. The maximum atomic E-state index is 11.5. The van der Waals surface area contributed by atoms with Gasteiger partial charge in [-0.25, -0.2) is 0 Å². The third-order valence-electron chi connectivity index (χ3n) is 5.21. The first-order chi connectivity index (χ1) is 13.6. The van der Waals surface area contributed by atoms with Gasteiger partial charge in [0.2, 0.25) is 0 Å². The van der Waals surface area contributed by atoms with Crippen LogP contribution < -0.4 is 20.7 Å². The van der Waals surface area contributed by atoms with Crippen molar-refractivity contribution >= 4 is 35.8 Å². The zero-order chi connectivity index (χ0) is 20.2. The van der Waals surface area contributed by atoms with Crippen molar-refractivity contribution in [2.75, 3.05) is 20.2 Å². The fourth-order valence-electron chi connectivity index (χ4n) is 3.72. The minimum atomic E-state index is -0.107. The molecule has 0 bridgehead atoms. The van der Waals surface area contributed by atoms with Crippen LogP contribution in [-0.2, 0) is 11.3 Å². The Balaban J connectivity index is 0.00000420. The molecule has 1 saturated carbocycles. The van der Waals surface area contributed by atoms with Crippen LogP contribution >= 0.6 is 24.0 Å². The largest absolute Gasteiger partial charge is 0.484 e. The van der Waals surface area contributed by atoms with Crippen LogP contribution in [0.2, 0.25) is 0 Å². The number of nitrogens with one attached hydrogen (secondary N) is 3. The van der Waals surface area contributed by atoms with E-state index in [-0.39, 0.29) is 36.5 Å². The van der Waals surface area contributed by atoms with Crippen molar-refractivity contribution in [3.63, 3.8) is 0 Å². The van der Waals surface area contributed by atoms with Crippen molar-refractivity contribution < 1.29 is 9.53 Å². The molecule has 0 atom stereocenters. The van der Waals surface area contributed by atoms with Gasteiger partial charge in [-0.2, -0.15) is 0 Å². The highest BCUT2D eigenvalue weighted by molar-refractivity contribution is 14.0. The number of hydrogen-bond donors (Lipinski definition) is 3. The summed E-state index contributed by atoms with van der Waals surface area (Å²) in [4.78, 5) is 15.9. The van der Waals surface area contributed by atoms with E-state index in [1.807, 2.05) is 38.2 Å². The van der Waals surface area contributed by atoms with Crippen molar-refractivity contribution in [1.82, 2.24) is 16.0 Å². The second-order valence-electron chi connectivity index (χ2n) is 7.47. The minimum Gasteiger partial charge on any atom is -0.484 e. The Morgan fingerprint density at radius 3 is 2.59 bits per heavy atom. The number of likely N-dealkylation sites (N-methyl/N-ethyl adjacent to an activating group) is 1. The first-order valence-corrected chi connectivity index (χ1v) is 10.6. The fourth-order valence-corrected chi connectivity index (χ4v) is 3.72. The predicted octanol–water partition coefficient (Wildman–Crippen LogP) is 3.84. The molecule has 3 N–H and O–H groups in total. The molecule has 1 amide bonds. The number of ether oxygens (including phenoxy) is 1. The molecule has 1 aromatic rings. The summed E-state index contributed by atoms with van der Waals surface area (Å²) in [6.07, 6.45) is 7.71. The number of nitrogens with zero attached hydrogens (tertiary/aromatic N) is 1. The van der Waals surface area contributed by atoms with Gasteiger partial charge in [0.05, 0.1) is 0 Å². The number of carbonyl (C=O) groups is 1. The molecule has 0 saturated heterocycles. The average Bonchev–Trinajstić information content (AvgIpc) is 2.71. The molecule has 1 aromatic carbocycles. The van der Waals surface area contributed by atoms with Gasteiger partial charge in [0.25, 0.3) is 5.91 Å². The van der Waals surface area contributed by atoms with Gasteiger partial charge in [-0.3, -0.25) is 9.79 Å². The molecular formula is C22H37IN4O2. The van der Waals surface area contributed by atoms with Crippen molar-refractivity contribution in [2.24, 2.45) is 10.9 Å². The minimum absolute atomic E-state index is 0. The summed E-state index contributed by atoms with van der Waals surface area (Å²) >= 11 is 0. The molecule has 1 aliphatic carbocycles. The molecule has 0 aliphatic heterocycles. The Bertz CT molecular complexity index is 631. The van der Waals surface area contributed by atoms with Crippen molar-refractivity contribution in [3.05, 3.63) is 29.8 Å². The predicted molar refractivity (Wildman–Crippen MR) is 130 cm³/mol. The molecule has 164 valence electrons. The van der Waals surface area contributed by atoms with E-state index in [0.717, 1.165) is 17.4 Å². The second kappa shape index (κ2) is 14.5. The summed E-state index contributed by atoms with van der Waals surface area (Å²) < 4.78 is 5.56. The van der Waals surface area contributed by atoms with E-state index in [1.165, 1.54) is 38.5 Å². The topological polar surface area (TPSA) is 74.8 Å². The third kappa shape index (κ3) is 9.69. The maximum Gasteiger partial charge on any atom is 0.257 e. The van der Waals surface area contributed by atoms with E-state index in [4.69, 9.17) is 4.74 Å². The van der Waals surface area contributed by atoms with Gasteiger partial charge in [0, 0.05) is 26.2 Å². The molecule has 29 heavy (non-hydrogen) atoms. The highest BCUT2D eigenvalue weighted by atomic mass is 127. The Morgan fingerprint density at radius 1 is 1.17 bits per heavy atom. The van der Waals surface area contributed by atoms with Gasteiger partial charge in [0.1, 0.15) is 5.75 Å².